The molecule has 6 nitrogen and oxygen atoms in total. The Balaban J connectivity index is 0.00000392. The van der Waals surface area contributed by atoms with Gasteiger partial charge in [0.2, 0.25) is 0 Å². The maximum absolute atomic E-state index is 12.6. The lowest BCUT2D eigenvalue weighted by Crippen LogP contribution is -2.36. The van der Waals surface area contributed by atoms with Gasteiger partial charge in [0.05, 0.1) is 27.3 Å². The van der Waals surface area contributed by atoms with Gasteiger partial charge >= 0.3 is 6.18 Å². The number of aliphatic imine (C=N–C) groups is 1. The molecule has 28 heavy (non-hydrogen) atoms. The third-order valence-electron chi connectivity index (χ3n) is 3.50. The molecule has 0 aliphatic carbocycles. The number of alkyl halides is 3. The van der Waals surface area contributed by atoms with Crippen molar-refractivity contribution in [1.29, 1.82) is 0 Å². The van der Waals surface area contributed by atoms with Crippen LogP contribution in [0.2, 0.25) is 0 Å². The Labute approximate surface area is 182 Å². The van der Waals surface area contributed by atoms with Gasteiger partial charge in [-0.2, -0.15) is 13.2 Å². The largest absolute Gasteiger partial charge is 0.497 e. The van der Waals surface area contributed by atoms with Crippen LogP contribution in [0.25, 0.3) is 0 Å². The van der Waals surface area contributed by atoms with Crippen LogP contribution in [-0.2, 0) is 19.3 Å². The first-order chi connectivity index (χ1) is 12.9. The Kier molecular flexibility index (Phi) is 9.79. The number of hydrogen-bond donors (Lipinski definition) is 2. The highest BCUT2D eigenvalue weighted by atomic mass is 127. The Hall–Kier alpha value is -1.76. The van der Waals surface area contributed by atoms with E-state index in [1.165, 1.54) is 0 Å². The minimum absolute atomic E-state index is 0. The molecule has 1 aromatic carbocycles. The van der Waals surface area contributed by atoms with Crippen molar-refractivity contribution in [1.82, 2.24) is 15.6 Å². The fraction of sp³-hybridized carbons (Fsp3) is 0.412. The molecule has 0 unspecified atom stereocenters. The second-order valence-corrected chi connectivity index (χ2v) is 6.29. The summed E-state index contributed by atoms with van der Waals surface area (Å²) >= 11 is 0.951. The van der Waals surface area contributed by atoms with E-state index in [-0.39, 0.29) is 30.5 Å². The molecule has 0 amide bonds. The number of rotatable bonds is 7. The van der Waals surface area contributed by atoms with Gasteiger partial charge in [-0.1, -0.05) is 0 Å². The van der Waals surface area contributed by atoms with Gasteiger partial charge in [0.15, 0.2) is 11.7 Å². The van der Waals surface area contributed by atoms with Crippen LogP contribution in [0.3, 0.4) is 0 Å². The van der Waals surface area contributed by atoms with Crippen LogP contribution in [-0.4, -0.2) is 31.7 Å². The summed E-state index contributed by atoms with van der Waals surface area (Å²) in [4.78, 5) is 8.04. The van der Waals surface area contributed by atoms with Gasteiger partial charge in [0, 0.05) is 23.6 Å². The number of nitrogens with one attached hydrogen (secondary N) is 2. The lowest BCUT2D eigenvalue weighted by Gasteiger charge is -2.12. The molecule has 0 bridgehead atoms. The summed E-state index contributed by atoms with van der Waals surface area (Å²) in [7, 11) is 3.13. The van der Waals surface area contributed by atoms with Crippen molar-refractivity contribution in [3.8, 4) is 11.5 Å². The number of halogens is 4. The van der Waals surface area contributed by atoms with E-state index in [0.717, 1.165) is 22.3 Å². The first-order valence-corrected chi connectivity index (χ1v) is 9.00. The fourth-order valence-corrected chi connectivity index (χ4v) is 2.91. The summed E-state index contributed by atoms with van der Waals surface area (Å²) in [6.45, 7) is 2.98. The van der Waals surface area contributed by atoms with E-state index in [9.17, 15) is 13.2 Å². The number of ether oxygens (including phenoxy) is 2. The van der Waals surface area contributed by atoms with E-state index in [0.29, 0.717) is 35.6 Å². The van der Waals surface area contributed by atoms with Crippen LogP contribution in [0.4, 0.5) is 13.2 Å². The standard InChI is InChI=1S/C17H21F3N4O2S.HI/c1-4-21-16(23-9-15-24-14(10-27-15)17(18,19)20)22-8-11-5-6-12(25-2)7-13(11)26-3;/h5-7,10H,4,8-9H2,1-3H3,(H2,21,22,23);1H. The summed E-state index contributed by atoms with van der Waals surface area (Å²) in [5, 5.41) is 7.37. The average Bonchev–Trinajstić information content (AvgIpc) is 3.13. The summed E-state index contributed by atoms with van der Waals surface area (Å²) < 4.78 is 48.4. The number of benzene rings is 1. The molecule has 2 aromatic rings. The summed E-state index contributed by atoms with van der Waals surface area (Å²) in [6.07, 6.45) is -4.43. The van der Waals surface area contributed by atoms with Gasteiger partial charge in [0.25, 0.3) is 0 Å². The maximum Gasteiger partial charge on any atom is 0.434 e. The van der Waals surface area contributed by atoms with Crippen LogP contribution < -0.4 is 20.1 Å². The van der Waals surface area contributed by atoms with Gasteiger partial charge in [-0.05, 0) is 19.1 Å². The summed E-state index contributed by atoms with van der Waals surface area (Å²) in [6, 6.07) is 5.42. The lowest BCUT2D eigenvalue weighted by molar-refractivity contribution is -0.140. The smallest absolute Gasteiger partial charge is 0.434 e. The van der Waals surface area contributed by atoms with Gasteiger partial charge in [-0.3, -0.25) is 0 Å². The molecule has 11 heteroatoms. The number of methoxy groups -OCH3 is 2. The van der Waals surface area contributed by atoms with Crippen molar-refractivity contribution >= 4 is 41.3 Å². The predicted octanol–water partition coefficient (Wildman–Crippen LogP) is 4.05. The van der Waals surface area contributed by atoms with Crippen molar-refractivity contribution in [3.05, 3.63) is 39.8 Å². The molecule has 1 heterocycles. The Morgan fingerprint density at radius 2 is 1.96 bits per heavy atom. The third-order valence-corrected chi connectivity index (χ3v) is 4.34. The van der Waals surface area contributed by atoms with Gasteiger partial charge in [0.1, 0.15) is 16.5 Å². The topological polar surface area (TPSA) is 67.8 Å². The molecular formula is C17H22F3IN4O2S. The molecular weight excluding hydrogens is 508 g/mol. The monoisotopic (exact) mass is 530 g/mol. The van der Waals surface area contributed by atoms with Crippen molar-refractivity contribution in [2.45, 2.75) is 26.2 Å². The van der Waals surface area contributed by atoms with Crippen molar-refractivity contribution in [3.63, 3.8) is 0 Å². The Morgan fingerprint density at radius 3 is 2.54 bits per heavy atom. The number of aromatic nitrogens is 1. The first kappa shape index (κ1) is 24.3. The zero-order valence-electron chi connectivity index (χ0n) is 15.6. The van der Waals surface area contributed by atoms with Crippen LogP contribution in [0, 0.1) is 0 Å². The van der Waals surface area contributed by atoms with E-state index < -0.39 is 11.9 Å². The lowest BCUT2D eigenvalue weighted by atomic mass is 10.2. The Morgan fingerprint density at radius 1 is 1.21 bits per heavy atom. The minimum Gasteiger partial charge on any atom is -0.497 e. The molecule has 2 rings (SSSR count). The molecule has 0 aliphatic heterocycles. The molecule has 0 saturated carbocycles. The molecule has 1 aromatic heterocycles. The first-order valence-electron chi connectivity index (χ1n) is 8.12. The molecule has 0 radical (unpaired) electrons. The molecule has 0 saturated heterocycles. The second kappa shape index (κ2) is 11.3. The van der Waals surface area contributed by atoms with Crippen molar-refractivity contribution in [2.75, 3.05) is 20.8 Å². The summed E-state index contributed by atoms with van der Waals surface area (Å²) in [5.41, 5.74) is -0.0293. The minimum atomic E-state index is -4.43. The van der Waals surface area contributed by atoms with Gasteiger partial charge in [-0.15, -0.1) is 35.3 Å². The predicted molar refractivity (Wildman–Crippen MR) is 114 cm³/mol. The average molecular weight is 530 g/mol. The third kappa shape index (κ3) is 7.00. The van der Waals surface area contributed by atoms with Gasteiger partial charge < -0.3 is 20.1 Å². The quantitative estimate of drug-likeness (QED) is 0.321. The number of guanidine groups is 1. The number of nitrogens with zero attached hydrogens (tertiary/aromatic N) is 2. The highest BCUT2D eigenvalue weighted by Gasteiger charge is 2.33. The van der Waals surface area contributed by atoms with Crippen LogP contribution in [0.1, 0.15) is 23.2 Å². The molecule has 156 valence electrons. The normalized spacial score (nSPS) is 11.6. The van der Waals surface area contributed by atoms with E-state index >= 15 is 0 Å². The Bertz CT molecular complexity index is 784. The van der Waals surface area contributed by atoms with Crippen LogP contribution >= 0.6 is 35.3 Å². The fourth-order valence-electron chi connectivity index (χ4n) is 2.17. The molecule has 2 N–H and O–H groups in total. The van der Waals surface area contributed by atoms with Crippen LogP contribution in [0.5, 0.6) is 11.5 Å². The maximum atomic E-state index is 12.6. The number of hydrogen-bond acceptors (Lipinski definition) is 5. The number of thiazole rings is 1. The zero-order chi connectivity index (χ0) is 19.9. The highest BCUT2D eigenvalue weighted by molar-refractivity contribution is 14.0. The van der Waals surface area contributed by atoms with Crippen LogP contribution in [0.15, 0.2) is 28.6 Å². The second-order valence-electron chi connectivity index (χ2n) is 5.35. The van der Waals surface area contributed by atoms with Gasteiger partial charge in [-0.25, -0.2) is 9.98 Å². The van der Waals surface area contributed by atoms with E-state index in [4.69, 9.17) is 9.47 Å². The van der Waals surface area contributed by atoms with E-state index in [1.54, 1.807) is 20.3 Å². The highest BCUT2D eigenvalue weighted by Crippen LogP contribution is 2.30. The van der Waals surface area contributed by atoms with E-state index in [2.05, 4.69) is 20.6 Å². The zero-order valence-corrected chi connectivity index (χ0v) is 18.7. The van der Waals surface area contributed by atoms with Crippen molar-refractivity contribution < 1.29 is 22.6 Å². The molecule has 0 aliphatic rings. The van der Waals surface area contributed by atoms with Crippen molar-refractivity contribution in [2.24, 2.45) is 4.99 Å². The molecule has 0 spiro atoms. The summed E-state index contributed by atoms with van der Waals surface area (Å²) in [5.74, 6) is 1.79. The SMILES string of the molecule is CCNC(=NCc1ccc(OC)cc1OC)NCc1nc(C(F)(F)F)cs1.I. The van der Waals surface area contributed by atoms with E-state index in [1.807, 2.05) is 19.1 Å². The molecule has 0 fully saturated rings. The molecule has 0 atom stereocenters.